The molecule has 0 unspecified atom stereocenters. The Balaban J connectivity index is 1.66. The van der Waals surface area contributed by atoms with Crippen LogP contribution in [0.2, 0.25) is 0 Å². The van der Waals surface area contributed by atoms with Gasteiger partial charge in [-0.3, -0.25) is 9.58 Å². The van der Waals surface area contributed by atoms with Crippen molar-refractivity contribution in [1.29, 1.82) is 0 Å². The summed E-state index contributed by atoms with van der Waals surface area (Å²) in [6, 6.07) is 0. The highest BCUT2D eigenvalue weighted by Gasteiger charge is 2.18. The van der Waals surface area contributed by atoms with Crippen molar-refractivity contribution in [1.82, 2.24) is 24.6 Å². The standard InChI is InChI=1S/C15H23N5S/c1-18(2)10-13-8-16-15(21-13)11-20-6-4-5-14-12(9-20)7-17-19(14)3/h7-8H,4-6,9-11H2,1-3H3. The molecule has 1 aliphatic heterocycles. The lowest BCUT2D eigenvalue weighted by Gasteiger charge is -2.18. The summed E-state index contributed by atoms with van der Waals surface area (Å²) in [4.78, 5) is 10.6. The quantitative estimate of drug-likeness (QED) is 0.864. The first-order valence-corrected chi connectivity index (χ1v) is 8.24. The van der Waals surface area contributed by atoms with Gasteiger partial charge in [-0.05, 0) is 33.5 Å². The highest BCUT2D eigenvalue weighted by atomic mass is 32.1. The van der Waals surface area contributed by atoms with E-state index in [4.69, 9.17) is 0 Å². The number of fused-ring (bicyclic) bond motifs is 1. The van der Waals surface area contributed by atoms with Crippen molar-refractivity contribution in [3.63, 3.8) is 0 Å². The fourth-order valence-electron chi connectivity index (χ4n) is 2.88. The number of thiazole rings is 1. The molecule has 2 aromatic heterocycles. The van der Waals surface area contributed by atoms with E-state index in [1.807, 2.05) is 35.5 Å². The van der Waals surface area contributed by atoms with Crippen molar-refractivity contribution in [3.05, 3.63) is 33.5 Å². The normalized spacial score (nSPS) is 16.2. The van der Waals surface area contributed by atoms with E-state index in [1.54, 1.807) is 0 Å². The molecule has 21 heavy (non-hydrogen) atoms. The molecule has 0 radical (unpaired) electrons. The van der Waals surface area contributed by atoms with E-state index in [9.17, 15) is 0 Å². The Morgan fingerprint density at radius 2 is 2.19 bits per heavy atom. The van der Waals surface area contributed by atoms with Crippen LogP contribution in [-0.4, -0.2) is 45.2 Å². The molecule has 0 atom stereocenters. The van der Waals surface area contributed by atoms with Gasteiger partial charge in [0.15, 0.2) is 0 Å². The molecule has 0 N–H and O–H groups in total. The minimum absolute atomic E-state index is 0.951. The van der Waals surface area contributed by atoms with Crippen molar-refractivity contribution in [2.75, 3.05) is 20.6 Å². The number of aryl methyl sites for hydroxylation is 1. The number of hydrogen-bond acceptors (Lipinski definition) is 5. The molecule has 0 aromatic carbocycles. The predicted octanol–water partition coefficient (Wildman–Crippen LogP) is 1.89. The van der Waals surface area contributed by atoms with E-state index in [0.29, 0.717) is 0 Å². The van der Waals surface area contributed by atoms with Gasteiger partial charge in [0.2, 0.25) is 0 Å². The average Bonchev–Trinajstić information content (AvgIpc) is 2.92. The fraction of sp³-hybridized carbons (Fsp3) is 0.600. The van der Waals surface area contributed by atoms with Gasteiger partial charge >= 0.3 is 0 Å². The Bertz CT molecular complexity index is 601. The van der Waals surface area contributed by atoms with Crippen LogP contribution in [0.4, 0.5) is 0 Å². The molecule has 0 fully saturated rings. The summed E-state index contributed by atoms with van der Waals surface area (Å²) in [6.45, 7) is 4.06. The van der Waals surface area contributed by atoms with Crippen LogP contribution < -0.4 is 0 Å². The fourth-order valence-corrected chi connectivity index (χ4v) is 3.97. The molecular weight excluding hydrogens is 282 g/mol. The van der Waals surface area contributed by atoms with E-state index in [2.05, 4.69) is 34.0 Å². The highest BCUT2D eigenvalue weighted by Crippen LogP contribution is 2.21. The first kappa shape index (κ1) is 14.7. The third-order valence-corrected chi connectivity index (χ3v) is 4.83. The minimum atomic E-state index is 0.951. The first-order chi connectivity index (χ1) is 10.1. The SMILES string of the molecule is CN(C)Cc1cnc(CN2CCCc3c(cnn3C)C2)s1. The van der Waals surface area contributed by atoms with Crippen molar-refractivity contribution in [2.45, 2.75) is 32.5 Å². The van der Waals surface area contributed by atoms with E-state index in [0.717, 1.165) is 32.6 Å². The van der Waals surface area contributed by atoms with Crippen molar-refractivity contribution in [2.24, 2.45) is 7.05 Å². The number of rotatable bonds is 4. The maximum absolute atomic E-state index is 4.58. The zero-order valence-corrected chi connectivity index (χ0v) is 13.9. The molecule has 6 heteroatoms. The monoisotopic (exact) mass is 305 g/mol. The molecule has 0 amide bonds. The van der Waals surface area contributed by atoms with E-state index in [-0.39, 0.29) is 0 Å². The second-order valence-electron chi connectivity index (χ2n) is 6.01. The van der Waals surface area contributed by atoms with Gasteiger partial charge in [-0.2, -0.15) is 5.10 Å². The lowest BCUT2D eigenvalue weighted by molar-refractivity contribution is 0.260. The summed E-state index contributed by atoms with van der Waals surface area (Å²) in [6.07, 6.45) is 6.37. The maximum Gasteiger partial charge on any atom is 0.107 e. The Labute approximate surface area is 130 Å². The smallest absolute Gasteiger partial charge is 0.107 e. The molecule has 3 rings (SSSR count). The summed E-state index contributed by atoms with van der Waals surface area (Å²) in [5.74, 6) is 0. The van der Waals surface area contributed by atoms with Gasteiger partial charge < -0.3 is 4.90 Å². The van der Waals surface area contributed by atoms with Crippen LogP contribution in [0.25, 0.3) is 0 Å². The lowest BCUT2D eigenvalue weighted by Crippen LogP contribution is -2.22. The second kappa shape index (κ2) is 6.25. The lowest BCUT2D eigenvalue weighted by atomic mass is 10.2. The van der Waals surface area contributed by atoms with Crippen LogP contribution in [0.3, 0.4) is 0 Å². The van der Waals surface area contributed by atoms with Gasteiger partial charge in [-0.1, -0.05) is 0 Å². The van der Waals surface area contributed by atoms with Crippen LogP contribution in [0.15, 0.2) is 12.4 Å². The van der Waals surface area contributed by atoms with Gasteiger partial charge in [0.05, 0.1) is 12.7 Å². The Hall–Kier alpha value is -1.24. The molecule has 3 heterocycles. The molecule has 0 spiro atoms. The molecule has 0 aliphatic carbocycles. The van der Waals surface area contributed by atoms with Crippen molar-refractivity contribution >= 4 is 11.3 Å². The molecule has 0 bridgehead atoms. The van der Waals surface area contributed by atoms with Gasteiger partial charge in [-0.15, -0.1) is 11.3 Å². The Kier molecular flexibility index (Phi) is 4.37. The summed E-state index contributed by atoms with van der Waals surface area (Å²) in [5.41, 5.74) is 2.77. The molecule has 1 aliphatic rings. The third-order valence-electron chi connectivity index (χ3n) is 3.86. The number of aromatic nitrogens is 3. The Morgan fingerprint density at radius 3 is 3.00 bits per heavy atom. The van der Waals surface area contributed by atoms with Crippen molar-refractivity contribution in [3.8, 4) is 0 Å². The van der Waals surface area contributed by atoms with Gasteiger partial charge in [0.25, 0.3) is 0 Å². The zero-order chi connectivity index (χ0) is 14.8. The molecule has 5 nitrogen and oxygen atoms in total. The summed E-state index contributed by atoms with van der Waals surface area (Å²) in [5, 5.41) is 5.61. The van der Waals surface area contributed by atoms with Gasteiger partial charge in [0, 0.05) is 42.5 Å². The second-order valence-corrected chi connectivity index (χ2v) is 7.21. The van der Waals surface area contributed by atoms with Gasteiger partial charge in [0.1, 0.15) is 5.01 Å². The van der Waals surface area contributed by atoms with Gasteiger partial charge in [-0.25, -0.2) is 4.98 Å². The highest BCUT2D eigenvalue weighted by molar-refractivity contribution is 7.11. The van der Waals surface area contributed by atoms with E-state index < -0.39 is 0 Å². The molecule has 2 aromatic rings. The van der Waals surface area contributed by atoms with Crippen LogP contribution in [0.1, 0.15) is 27.6 Å². The zero-order valence-electron chi connectivity index (χ0n) is 13.0. The summed E-state index contributed by atoms with van der Waals surface area (Å²) < 4.78 is 2.03. The molecule has 0 saturated heterocycles. The minimum Gasteiger partial charge on any atom is -0.304 e. The van der Waals surface area contributed by atoms with Crippen LogP contribution in [0.5, 0.6) is 0 Å². The third kappa shape index (κ3) is 3.51. The molecule has 114 valence electrons. The van der Waals surface area contributed by atoms with Crippen LogP contribution in [-0.2, 0) is 33.1 Å². The average molecular weight is 305 g/mol. The number of hydrogen-bond donors (Lipinski definition) is 0. The topological polar surface area (TPSA) is 37.2 Å². The van der Waals surface area contributed by atoms with E-state index in [1.165, 1.54) is 27.6 Å². The first-order valence-electron chi connectivity index (χ1n) is 7.42. The summed E-state index contributed by atoms with van der Waals surface area (Å²) >= 11 is 1.83. The van der Waals surface area contributed by atoms with Crippen molar-refractivity contribution < 1.29 is 0 Å². The van der Waals surface area contributed by atoms with E-state index >= 15 is 0 Å². The van der Waals surface area contributed by atoms with Crippen LogP contribution in [0, 0.1) is 0 Å². The molecular formula is C15H23N5S. The maximum atomic E-state index is 4.58. The largest absolute Gasteiger partial charge is 0.304 e. The van der Waals surface area contributed by atoms with Crippen LogP contribution >= 0.6 is 11.3 Å². The summed E-state index contributed by atoms with van der Waals surface area (Å²) in [7, 11) is 6.24. The molecule has 0 saturated carbocycles. The Morgan fingerprint density at radius 1 is 1.33 bits per heavy atom. The predicted molar refractivity (Wildman–Crippen MR) is 85.1 cm³/mol. The number of nitrogens with zero attached hydrogens (tertiary/aromatic N) is 5.